The minimum Gasteiger partial charge on any atom is -0.463 e. The molecule has 178 valence electrons. The van der Waals surface area contributed by atoms with Crippen LogP contribution in [0, 0.1) is 19.8 Å². The standard InChI is InChI=1S/C27H24ClN3O3S/c1-14-4-3-5-16(10-14)25-23(30-15(2)35-25)27(33)31-18(11-17-12-22(17)31)13-29-26(32)20-6-7-21(28)24-19(20)8-9-34-24/h3-10,17-18,22H,11-13H2,1-2H3,(H,29,32)/t17-,18+,22+/m1/s1. The van der Waals surface area contributed by atoms with E-state index in [4.69, 9.17) is 16.0 Å². The Morgan fingerprint density at radius 2 is 2.06 bits per heavy atom. The maximum atomic E-state index is 13.8. The third-order valence-electron chi connectivity index (χ3n) is 6.97. The van der Waals surface area contributed by atoms with Gasteiger partial charge in [-0.2, -0.15) is 0 Å². The predicted octanol–water partition coefficient (Wildman–Crippen LogP) is 5.86. The number of hydrogen-bond donors (Lipinski definition) is 1. The van der Waals surface area contributed by atoms with Crippen LogP contribution < -0.4 is 5.32 Å². The average molecular weight is 506 g/mol. The van der Waals surface area contributed by atoms with Gasteiger partial charge in [0.2, 0.25) is 0 Å². The van der Waals surface area contributed by atoms with E-state index in [1.807, 2.05) is 36.9 Å². The van der Waals surface area contributed by atoms with E-state index in [9.17, 15) is 9.59 Å². The SMILES string of the molecule is Cc1cccc(-c2sc(C)nc2C(=O)N2[C@H](CNC(=O)c3ccc(Cl)c4occc34)C[C@@H]3C[C@@H]32)c1. The van der Waals surface area contributed by atoms with E-state index in [0.29, 0.717) is 39.7 Å². The number of likely N-dealkylation sites (tertiary alicyclic amines) is 1. The monoisotopic (exact) mass is 505 g/mol. The molecule has 1 N–H and O–H groups in total. The van der Waals surface area contributed by atoms with E-state index in [1.165, 1.54) is 6.26 Å². The van der Waals surface area contributed by atoms with Gasteiger partial charge in [0.15, 0.2) is 5.58 Å². The van der Waals surface area contributed by atoms with E-state index in [2.05, 4.69) is 16.4 Å². The number of thiazole rings is 1. The molecule has 0 bridgehead atoms. The van der Waals surface area contributed by atoms with Crippen molar-refractivity contribution in [2.24, 2.45) is 5.92 Å². The molecule has 1 aliphatic heterocycles. The van der Waals surface area contributed by atoms with Crippen LogP contribution in [0.4, 0.5) is 0 Å². The first-order chi connectivity index (χ1) is 16.9. The summed E-state index contributed by atoms with van der Waals surface area (Å²) < 4.78 is 5.42. The fraction of sp³-hybridized carbons (Fsp3) is 0.296. The lowest BCUT2D eigenvalue weighted by Gasteiger charge is -2.27. The molecule has 2 aromatic carbocycles. The van der Waals surface area contributed by atoms with E-state index in [1.54, 1.807) is 29.5 Å². The normalized spacial score (nSPS) is 20.8. The van der Waals surface area contributed by atoms with Crippen molar-refractivity contribution in [1.29, 1.82) is 0 Å². The van der Waals surface area contributed by atoms with Crippen molar-refractivity contribution in [2.75, 3.05) is 6.54 Å². The fourth-order valence-electron chi connectivity index (χ4n) is 5.27. The Hall–Kier alpha value is -3.16. The van der Waals surface area contributed by atoms with Gasteiger partial charge in [-0.05, 0) is 56.4 Å². The van der Waals surface area contributed by atoms with Crippen LogP contribution >= 0.6 is 22.9 Å². The molecule has 0 radical (unpaired) electrons. The van der Waals surface area contributed by atoms with Crippen molar-refractivity contribution < 1.29 is 14.0 Å². The Morgan fingerprint density at radius 1 is 1.20 bits per heavy atom. The molecule has 1 saturated carbocycles. The lowest BCUT2D eigenvalue weighted by Crippen LogP contribution is -2.45. The summed E-state index contributed by atoms with van der Waals surface area (Å²) >= 11 is 7.73. The zero-order valence-electron chi connectivity index (χ0n) is 19.4. The molecule has 2 aromatic heterocycles. The first-order valence-corrected chi connectivity index (χ1v) is 12.9. The Kier molecular flexibility index (Phi) is 5.42. The molecule has 6 rings (SSSR count). The molecule has 2 aliphatic rings. The minimum absolute atomic E-state index is 0.0428. The molecule has 2 fully saturated rings. The van der Waals surface area contributed by atoms with Crippen LogP contribution in [0.15, 0.2) is 53.1 Å². The third-order valence-corrected chi connectivity index (χ3v) is 8.29. The number of halogens is 1. The van der Waals surface area contributed by atoms with E-state index in [-0.39, 0.29) is 23.9 Å². The average Bonchev–Trinajstić information content (AvgIpc) is 3.20. The van der Waals surface area contributed by atoms with Crippen LogP contribution in [0.25, 0.3) is 21.4 Å². The van der Waals surface area contributed by atoms with E-state index < -0.39 is 0 Å². The molecule has 8 heteroatoms. The van der Waals surface area contributed by atoms with Crippen LogP contribution in [0.2, 0.25) is 5.02 Å². The Bertz CT molecular complexity index is 1480. The highest BCUT2D eigenvalue weighted by atomic mass is 35.5. The molecule has 4 aromatic rings. The van der Waals surface area contributed by atoms with Gasteiger partial charge in [-0.3, -0.25) is 9.59 Å². The predicted molar refractivity (Wildman–Crippen MR) is 137 cm³/mol. The summed E-state index contributed by atoms with van der Waals surface area (Å²) in [5, 5.41) is 5.06. The van der Waals surface area contributed by atoms with Crippen molar-refractivity contribution >= 4 is 45.7 Å². The van der Waals surface area contributed by atoms with Gasteiger partial charge < -0.3 is 14.6 Å². The van der Waals surface area contributed by atoms with Crippen molar-refractivity contribution in [3.8, 4) is 10.4 Å². The molecular formula is C27H24ClN3O3S. The van der Waals surface area contributed by atoms with Gasteiger partial charge in [0.05, 0.1) is 32.8 Å². The summed E-state index contributed by atoms with van der Waals surface area (Å²) in [7, 11) is 0. The highest BCUT2D eigenvalue weighted by molar-refractivity contribution is 7.15. The molecule has 0 spiro atoms. The topological polar surface area (TPSA) is 75.4 Å². The molecular weight excluding hydrogens is 482 g/mol. The number of aromatic nitrogens is 1. The summed E-state index contributed by atoms with van der Waals surface area (Å²) in [5.41, 5.74) is 3.68. The molecule has 0 unspecified atom stereocenters. The molecule has 3 heterocycles. The quantitative estimate of drug-likeness (QED) is 0.368. The number of rotatable bonds is 5. The van der Waals surface area contributed by atoms with Crippen LogP contribution in [-0.4, -0.2) is 40.3 Å². The maximum Gasteiger partial charge on any atom is 0.274 e. The number of nitrogens with zero attached hydrogens (tertiary/aromatic N) is 2. The Balaban J connectivity index is 1.23. The number of hydrogen-bond acceptors (Lipinski definition) is 5. The highest BCUT2D eigenvalue weighted by Gasteiger charge is 2.54. The van der Waals surface area contributed by atoms with Gasteiger partial charge in [0.25, 0.3) is 11.8 Å². The lowest BCUT2D eigenvalue weighted by molar-refractivity contribution is 0.0684. The second-order valence-electron chi connectivity index (χ2n) is 9.41. The second kappa shape index (κ2) is 8.50. The molecule has 1 aliphatic carbocycles. The largest absolute Gasteiger partial charge is 0.463 e. The molecule has 6 nitrogen and oxygen atoms in total. The van der Waals surface area contributed by atoms with Crippen LogP contribution in [0.1, 0.15) is 44.3 Å². The van der Waals surface area contributed by atoms with Gasteiger partial charge in [-0.15, -0.1) is 11.3 Å². The van der Waals surface area contributed by atoms with Gasteiger partial charge >= 0.3 is 0 Å². The first kappa shape index (κ1) is 22.3. The number of carbonyl (C=O) groups is 2. The molecule has 1 saturated heterocycles. The number of fused-ring (bicyclic) bond motifs is 2. The summed E-state index contributed by atoms with van der Waals surface area (Å²) in [4.78, 5) is 34.4. The molecule has 3 atom stereocenters. The third kappa shape index (κ3) is 3.93. The summed E-state index contributed by atoms with van der Waals surface area (Å²) in [6, 6.07) is 13.5. The van der Waals surface area contributed by atoms with Crippen molar-refractivity contribution in [3.63, 3.8) is 0 Å². The summed E-state index contributed by atoms with van der Waals surface area (Å²) in [6.07, 6.45) is 3.44. The number of furan rings is 1. The highest BCUT2D eigenvalue weighted by Crippen LogP contribution is 2.49. The number of aryl methyl sites for hydroxylation is 2. The van der Waals surface area contributed by atoms with Gasteiger partial charge in [-0.25, -0.2) is 4.98 Å². The van der Waals surface area contributed by atoms with Crippen molar-refractivity contribution in [2.45, 2.75) is 38.8 Å². The smallest absolute Gasteiger partial charge is 0.274 e. The Morgan fingerprint density at radius 3 is 2.89 bits per heavy atom. The van der Waals surface area contributed by atoms with Crippen LogP contribution in [0.5, 0.6) is 0 Å². The summed E-state index contributed by atoms with van der Waals surface area (Å²) in [6.45, 7) is 4.37. The lowest BCUT2D eigenvalue weighted by atomic mass is 10.1. The summed E-state index contributed by atoms with van der Waals surface area (Å²) in [5.74, 6) is 0.254. The number of benzene rings is 2. The van der Waals surface area contributed by atoms with Gasteiger partial charge in [-0.1, -0.05) is 41.4 Å². The van der Waals surface area contributed by atoms with Crippen LogP contribution in [-0.2, 0) is 0 Å². The zero-order valence-corrected chi connectivity index (χ0v) is 20.9. The maximum absolute atomic E-state index is 13.8. The van der Waals surface area contributed by atoms with E-state index >= 15 is 0 Å². The van der Waals surface area contributed by atoms with Gasteiger partial charge in [0, 0.05) is 18.0 Å². The minimum atomic E-state index is -0.203. The number of nitrogens with one attached hydrogen (secondary N) is 1. The van der Waals surface area contributed by atoms with Crippen LogP contribution in [0.3, 0.4) is 0 Å². The van der Waals surface area contributed by atoms with Crippen molar-refractivity contribution in [3.05, 3.63) is 75.6 Å². The second-order valence-corrected chi connectivity index (χ2v) is 11.0. The first-order valence-electron chi connectivity index (χ1n) is 11.7. The molecule has 2 amide bonds. The molecule has 35 heavy (non-hydrogen) atoms. The van der Waals surface area contributed by atoms with Gasteiger partial charge in [0.1, 0.15) is 5.69 Å². The number of piperidine rings is 1. The van der Waals surface area contributed by atoms with E-state index in [0.717, 1.165) is 33.9 Å². The number of carbonyl (C=O) groups excluding carboxylic acids is 2. The zero-order chi connectivity index (χ0) is 24.3. The number of amides is 2. The fourth-order valence-corrected chi connectivity index (χ4v) is 6.38. The van der Waals surface area contributed by atoms with Crippen molar-refractivity contribution in [1.82, 2.24) is 15.2 Å². The Labute approximate surface area is 211 Å².